The second-order valence-corrected chi connectivity index (χ2v) is 7.47. The molecule has 5 nitrogen and oxygen atoms in total. The van der Waals surface area contributed by atoms with Crippen LogP contribution >= 0.6 is 0 Å². The number of aromatic nitrogens is 3. The lowest BCUT2D eigenvalue weighted by Crippen LogP contribution is -2.28. The Bertz CT molecular complexity index is 1280. The molecule has 0 N–H and O–H groups in total. The summed E-state index contributed by atoms with van der Waals surface area (Å²) < 4.78 is 0. The molecule has 5 heteroatoms. The van der Waals surface area contributed by atoms with Crippen LogP contribution in [0.3, 0.4) is 0 Å². The molecule has 6 rings (SSSR count). The van der Waals surface area contributed by atoms with Crippen LogP contribution in [0.15, 0.2) is 55.0 Å². The van der Waals surface area contributed by atoms with E-state index in [1.807, 2.05) is 37.6 Å². The Morgan fingerprint density at radius 3 is 2.74 bits per heavy atom. The van der Waals surface area contributed by atoms with Crippen LogP contribution in [-0.2, 0) is 10.2 Å². The summed E-state index contributed by atoms with van der Waals surface area (Å²) in [4.78, 5) is 27.9. The van der Waals surface area contributed by atoms with Crippen LogP contribution < -0.4 is 4.90 Å². The van der Waals surface area contributed by atoms with Crippen molar-refractivity contribution < 1.29 is 4.79 Å². The smallest absolute Gasteiger partial charge is 0.237 e. The van der Waals surface area contributed by atoms with E-state index < -0.39 is 0 Å². The van der Waals surface area contributed by atoms with E-state index in [2.05, 4.69) is 33.2 Å². The Balaban J connectivity index is 1.60. The van der Waals surface area contributed by atoms with Gasteiger partial charge in [-0.15, -0.1) is 0 Å². The van der Waals surface area contributed by atoms with E-state index in [-0.39, 0.29) is 11.3 Å². The lowest BCUT2D eigenvalue weighted by molar-refractivity contribution is -0.119. The van der Waals surface area contributed by atoms with Gasteiger partial charge in [0, 0.05) is 41.3 Å². The van der Waals surface area contributed by atoms with Crippen LogP contribution in [0.5, 0.6) is 0 Å². The second-order valence-electron chi connectivity index (χ2n) is 7.47. The maximum atomic E-state index is 12.8. The third kappa shape index (κ3) is 1.88. The summed E-state index contributed by atoms with van der Waals surface area (Å²) in [5, 5.41) is 2.09. The predicted octanol–water partition coefficient (Wildman–Crippen LogP) is 3.85. The number of pyridine rings is 3. The van der Waals surface area contributed by atoms with Crippen molar-refractivity contribution in [3.05, 3.63) is 60.6 Å². The quantitative estimate of drug-likeness (QED) is 0.522. The van der Waals surface area contributed by atoms with Gasteiger partial charge >= 0.3 is 0 Å². The molecule has 4 heterocycles. The zero-order valence-electron chi connectivity index (χ0n) is 14.8. The maximum Gasteiger partial charge on any atom is 0.237 e. The van der Waals surface area contributed by atoms with E-state index >= 15 is 0 Å². The predicted molar refractivity (Wildman–Crippen MR) is 105 cm³/mol. The summed E-state index contributed by atoms with van der Waals surface area (Å²) in [5.41, 5.74) is 5.57. The number of carbonyl (C=O) groups is 1. The van der Waals surface area contributed by atoms with E-state index in [9.17, 15) is 4.79 Å². The van der Waals surface area contributed by atoms with Gasteiger partial charge in [0.15, 0.2) is 5.65 Å². The van der Waals surface area contributed by atoms with Crippen LogP contribution in [0.1, 0.15) is 18.4 Å². The SMILES string of the molecule is CN1C(=O)C2(CC2)c2c1cnc1ccc(-c3cnc4ncccc4c3)cc21. The van der Waals surface area contributed by atoms with Gasteiger partial charge in [0.05, 0.1) is 22.8 Å². The van der Waals surface area contributed by atoms with Crippen molar-refractivity contribution in [3.8, 4) is 11.1 Å². The molecule has 130 valence electrons. The van der Waals surface area contributed by atoms with Gasteiger partial charge in [0.1, 0.15) is 0 Å². The van der Waals surface area contributed by atoms with E-state index in [0.29, 0.717) is 0 Å². The summed E-state index contributed by atoms with van der Waals surface area (Å²) in [6.45, 7) is 0. The molecule has 0 saturated heterocycles. The summed E-state index contributed by atoms with van der Waals surface area (Å²) in [5.74, 6) is 0.204. The Morgan fingerprint density at radius 2 is 1.89 bits per heavy atom. The summed E-state index contributed by atoms with van der Waals surface area (Å²) in [6, 6.07) is 12.3. The minimum absolute atomic E-state index is 0.204. The molecule has 4 aromatic rings. The van der Waals surface area contributed by atoms with Crippen molar-refractivity contribution >= 4 is 33.5 Å². The number of benzene rings is 1. The zero-order valence-corrected chi connectivity index (χ0v) is 14.8. The first-order chi connectivity index (χ1) is 13.2. The molecular formula is C22H16N4O. The van der Waals surface area contributed by atoms with Crippen LogP contribution in [-0.4, -0.2) is 27.9 Å². The fourth-order valence-corrected chi connectivity index (χ4v) is 4.37. The third-order valence-corrected chi connectivity index (χ3v) is 5.94. The van der Waals surface area contributed by atoms with Gasteiger partial charge < -0.3 is 4.90 Å². The number of carbonyl (C=O) groups excluding carboxylic acids is 1. The van der Waals surface area contributed by atoms with Gasteiger partial charge in [-0.3, -0.25) is 9.78 Å². The largest absolute Gasteiger partial charge is 0.313 e. The van der Waals surface area contributed by atoms with Gasteiger partial charge in [0.25, 0.3) is 0 Å². The summed E-state index contributed by atoms with van der Waals surface area (Å²) in [6.07, 6.45) is 7.30. The average molecular weight is 352 g/mol. The van der Waals surface area contributed by atoms with Gasteiger partial charge in [-0.25, -0.2) is 9.97 Å². The summed E-state index contributed by atoms with van der Waals surface area (Å²) in [7, 11) is 1.85. The molecule has 1 aromatic carbocycles. The van der Waals surface area contributed by atoms with E-state index in [1.165, 1.54) is 0 Å². The van der Waals surface area contributed by atoms with Gasteiger partial charge in [-0.05, 0) is 48.7 Å². The number of amides is 1. The van der Waals surface area contributed by atoms with Crippen molar-refractivity contribution in [2.24, 2.45) is 0 Å². The van der Waals surface area contributed by atoms with Crippen molar-refractivity contribution in [1.82, 2.24) is 15.0 Å². The average Bonchev–Trinajstić information content (AvgIpc) is 3.49. The van der Waals surface area contributed by atoms with Crippen LogP contribution in [0.25, 0.3) is 33.1 Å². The molecule has 3 aromatic heterocycles. The third-order valence-electron chi connectivity index (χ3n) is 5.94. The van der Waals surface area contributed by atoms with Gasteiger partial charge in [-0.1, -0.05) is 6.07 Å². The zero-order chi connectivity index (χ0) is 18.2. The number of hydrogen-bond donors (Lipinski definition) is 0. The first-order valence-electron chi connectivity index (χ1n) is 9.10. The Kier molecular flexibility index (Phi) is 2.67. The molecule has 1 saturated carbocycles. The highest BCUT2D eigenvalue weighted by atomic mass is 16.2. The molecule has 0 bridgehead atoms. The van der Waals surface area contributed by atoms with Crippen molar-refractivity contribution in [3.63, 3.8) is 0 Å². The van der Waals surface area contributed by atoms with Crippen molar-refractivity contribution in [2.75, 3.05) is 11.9 Å². The summed E-state index contributed by atoms with van der Waals surface area (Å²) >= 11 is 0. The van der Waals surface area contributed by atoms with Crippen molar-refractivity contribution in [2.45, 2.75) is 18.3 Å². The molecule has 1 aliphatic carbocycles. The highest BCUT2D eigenvalue weighted by Gasteiger charge is 2.59. The van der Waals surface area contributed by atoms with Crippen molar-refractivity contribution in [1.29, 1.82) is 0 Å². The molecule has 0 atom stereocenters. The fraction of sp³-hybridized carbons (Fsp3) is 0.182. The molecule has 0 unspecified atom stereocenters. The van der Waals surface area contributed by atoms with Crippen LogP contribution in [0.4, 0.5) is 5.69 Å². The first-order valence-corrected chi connectivity index (χ1v) is 9.10. The highest BCUT2D eigenvalue weighted by Crippen LogP contribution is 2.58. The number of anilines is 1. The monoisotopic (exact) mass is 352 g/mol. The molecule has 1 fully saturated rings. The number of nitrogens with zero attached hydrogens (tertiary/aromatic N) is 4. The molecule has 27 heavy (non-hydrogen) atoms. The highest BCUT2D eigenvalue weighted by molar-refractivity contribution is 6.14. The second kappa shape index (κ2) is 4.88. The van der Waals surface area contributed by atoms with E-state index in [1.54, 1.807) is 11.1 Å². The maximum absolute atomic E-state index is 12.8. The fourth-order valence-electron chi connectivity index (χ4n) is 4.37. The van der Waals surface area contributed by atoms with Crippen LogP contribution in [0, 0.1) is 0 Å². The van der Waals surface area contributed by atoms with E-state index in [0.717, 1.165) is 57.2 Å². The van der Waals surface area contributed by atoms with E-state index in [4.69, 9.17) is 0 Å². The number of likely N-dealkylation sites (N-methyl/N-ethyl adjacent to an activating group) is 1. The standard InChI is InChI=1S/C22H16N4O/c1-26-18-12-24-17-5-4-13(10-16(17)19(18)22(6-7-22)21(26)27)15-9-14-3-2-8-23-20(14)25-11-15/h2-5,8-12H,6-7H2,1H3. The lowest BCUT2D eigenvalue weighted by atomic mass is 9.92. The van der Waals surface area contributed by atoms with Crippen LogP contribution in [0.2, 0.25) is 0 Å². The molecular weight excluding hydrogens is 336 g/mol. The molecule has 1 amide bonds. The molecule has 2 aliphatic rings. The van der Waals surface area contributed by atoms with Gasteiger partial charge in [0.2, 0.25) is 5.91 Å². The lowest BCUT2D eigenvalue weighted by Gasteiger charge is -2.11. The Hall–Kier alpha value is -3.34. The topological polar surface area (TPSA) is 59.0 Å². The molecule has 1 spiro atoms. The van der Waals surface area contributed by atoms with Gasteiger partial charge in [-0.2, -0.15) is 0 Å². The number of rotatable bonds is 1. The number of hydrogen-bond acceptors (Lipinski definition) is 4. The first kappa shape index (κ1) is 14.8. The minimum atomic E-state index is -0.324. The normalized spacial score (nSPS) is 17.1. The minimum Gasteiger partial charge on any atom is -0.313 e. The Morgan fingerprint density at radius 1 is 1.00 bits per heavy atom. The number of fused-ring (bicyclic) bond motifs is 5. The molecule has 1 aliphatic heterocycles. The Labute approximate surface area is 155 Å². The molecule has 0 radical (unpaired) electrons.